The van der Waals surface area contributed by atoms with E-state index in [9.17, 15) is 9.59 Å². The van der Waals surface area contributed by atoms with Gasteiger partial charge in [-0.1, -0.05) is 72.3 Å². The van der Waals surface area contributed by atoms with Gasteiger partial charge in [-0.15, -0.1) is 5.10 Å². The number of carbonyl (C=O) groups excluding carboxylic acids is 2. The van der Waals surface area contributed by atoms with Gasteiger partial charge in [-0.3, -0.25) is 9.59 Å². The number of benzene rings is 4. The molecular formula is C37H36N6O4. The summed E-state index contributed by atoms with van der Waals surface area (Å²) in [6.45, 7) is 7.58. The second kappa shape index (κ2) is 13.2. The summed E-state index contributed by atoms with van der Waals surface area (Å²) in [7, 11) is 1.53. The molecule has 4 aromatic carbocycles. The first-order chi connectivity index (χ1) is 22.7. The van der Waals surface area contributed by atoms with Crippen LogP contribution in [-0.4, -0.2) is 40.3 Å². The van der Waals surface area contributed by atoms with Gasteiger partial charge in [-0.05, 0) is 68.7 Å². The van der Waals surface area contributed by atoms with E-state index in [1.807, 2.05) is 107 Å². The van der Waals surface area contributed by atoms with Crippen LogP contribution < -0.4 is 25.4 Å². The molecule has 0 saturated carbocycles. The first kappa shape index (κ1) is 31.1. The maximum Gasteiger partial charge on any atom is 0.262 e. The molecule has 2 heterocycles. The van der Waals surface area contributed by atoms with Gasteiger partial charge in [0, 0.05) is 22.6 Å². The molecule has 5 aromatic rings. The first-order valence-electron chi connectivity index (χ1n) is 15.3. The predicted molar refractivity (Wildman–Crippen MR) is 183 cm³/mol. The van der Waals surface area contributed by atoms with E-state index in [2.05, 4.69) is 16.0 Å². The van der Waals surface area contributed by atoms with E-state index in [0.717, 1.165) is 33.5 Å². The molecule has 1 atom stereocenters. The number of methoxy groups -OCH3 is 1. The molecule has 10 nitrogen and oxygen atoms in total. The number of aromatic nitrogens is 3. The molecule has 47 heavy (non-hydrogen) atoms. The number of fused-ring (bicyclic) bond motifs is 1. The molecule has 238 valence electrons. The average molecular weight is 629 g/mol. The van der Waals surface area contributed by atoms with Crippen molar-refractivity contribution < 1.29 is 19.1 Å². The summed E-state index contributed by atoms with van der Waals surface area (Å²) >= 11 is 0. The van der Waals surface area contributed by atoms with E-state index < -0.39 is 6.04 Å². The maximum absolute atomic E-state index is 13.9. The van der Waals surface area contributed by atoms with E-state index in [4.69, 9.17) is 19.6 Å². The Balaban J connectivity index is 1.32. The molecule has 0 unspecified atom stereocenters. The standard InChI is InChI=1S/C37H36N6O4/c1-22-18-23(2)33(24(3)19-22)40-31(44)21-47-29-17-16-27(20-30(29)46-5)34-32(36(45)39-28-14-10-7-11-15-28)25(4)38-37-41-35(42-43(34)37)26-12-8-6-9-13-26/h6-20,34H,21H2,1-5H3,(H,39,45)(H,40,44)(H,38,41,42)/t34-/m1/s1. The summed E-state index contributed by atoms with van der Waals surface area (Å²) in [5, 5.41) is 14.1. The molecule has 0 fully saturated rings. The number of carbonyl (C=O) groups is 2. The Hall–Kier alpha value is -5.90. The fraction of sp³-hybridized carbons (Fsp3) is 0.189. The monoisotopic (exact) mass is 628 g/mol. The number of anilines is 3. The lowest BCUT2D eigenvalue weighted by atomic mass is 9.94. The third-order valence-corrected chi connectivity index (χ3v) is 7.96. The van der Waals surface area contributed by atoms with Crippen LogP contribution in [0.2, 0.25) is 0 Å². The lowest BCUT2D eigenvalue weighted by molar-refractivity contribution is -0.118. The van der Waals surface area contributed by atoms with Crippen molar-refractivity contribution >= 4 is 29.1 Å². The minimum Gasteiger partial charge on any atom is -0.493 e. The van der Waals surface area contributed by atoms with Crippen LogP contribution in [0.5, 0.6) is 11.5 Å². The zero-order valence-electron chi connectivity index (χ0n) is 26.9. The normalized spacial score (nSPS) is 13.8. The van der Waals surface area contributed by atoms with Crippen LogP contribution in [0.4, 0.5) is 17.3 Å². The molecule has 0 bridgehead atoms. The number of nitrogens with one attached hydrogen (secondary N) is 3. The summed E-state index contributed by atoms with van der Waals surface area (Å²) in [6, 6.07) is 27.7. The zero-order chi connectivity index (χ0) is 33.1. The molecule has 3 N–H and O–H groups in total. The quantitative estimate of drug-likeness (QED) is 0.164. The molecule has 1 aliphatic rings. The highest BCUT2D eigenvalue weighted by Gasteiger charge is 2.35. The molecule has 0 aliphatic carbocycles. The summed E-state index contributed by atoms with van der Waals surface area (Å²) in [5.74, 6) is 1.24. The predicted octanol–water partition coefficient (Wildman–Crippen LogP) is 6.82. The highest BCUT2D eigenvalue weighted by Crippen LogP contribution is 2.40. The van der Waals surface area contributed by atoms with E-state index in [-0.39, 0.29) is 18.4 Å². The van der Waals surface area contributed by atoms with E-state index >= 15 is 0 Å². The van der Waals surface area contributed by atoms with Crippen LogP contribution in [0.1, 0.15) is 35.2 Å². The second-order valence-electron chi connectivity index (χ2n) is 11.5. The molecule has 0 saturated heterocycles. The fourth-order valence-corrected chi connectivity index (χ4v) is 5.85. The number of hydrogen-bond acceptors (Lipinski definition) is 7. The van der Waals surface area contributed by atoms with Gasteiger partial charge in [-0.2, -0.15) is 4.98 Å². The third kappa shape index (κ3) is 6.57. The van der Waals surface area contributed by atoms with Crippen LogP contribution in [0.25, 0.3) is 11.4 Å². The van der Waals surface area contributed by atoms with Crippen molar-refractivity contribution in [2.24, 2.45) is 0 Å². The number of amides is 2. The molecule has 1 aromatic heterocycles. The van der Waals surface area contributed by atoms with E-state index in [0.29, 0.717) is 40.2 Å². The fourth-order valence-electron chi connectivity index (χ4n) is 5.85. The Kier molecular flexibility index (Phi) is 8.75. The van der Waals surface area contributed by atoms with Gasteiger partial charge in [0.1, 0.15) is 6.04 Å². The van der Waals surface area contributed by atoms with E-state index in [1.54, 1.807) is 16.8 Å². The first-order valence-corrected chi connectivity index (χ1v) is 15.3. The van der Waals surface area contributed by atoms with Crippen molar-refractivity contribution in [3.05, 3.63) is 125 Å². The highest BCUT2D eigenvalue weighted by atomic mass is 16.5. The Morgan fingerprint density at radius 1 is 0.851 bits per heavy atom. The number of hydrogen-bond donors (Lipinski definition) is 3. The van der Waals surface area contributed by atoms with Gasteiger partial charge in [-0.25, -0.2) is 4.68 Å². The minimum atomic E-state index is -0.654. The number of nitrogens with zero attached hydrogens (tertiary/aromatic N) is 3. The Morgan fingerprint density at radius 2 is 1.53 bits per heavy atom. The number of rotatable bonds is 9. The molecule has 1 aliphatic heterocycles. The number of ether oxygens (including phenoxy) is 2. The number of para-hydroxylation sites is 1. The van der Waals surface area contributed by atoms with Crippen molar-refractivity contribution in [3.8, 4) is 22.9 Å². The van der Waals surface area contributed by atoms with Crippen molar-refractivity contribution in [2.75, 3.05) is 29.7 Å². The van der Waals surface area contributed by atoms with Crippen LogP contribution in [-0.2, 0) is 9.59 Å². The van der Waals surface area contributed by atoms with Crippen molar-refractivity contribution in [1.82, 2.24) is 14.8 Å². The molecule has 0 radical (unpaired) electrons. The van der Waals surface area contributed by atoms with Crippen LogP contribution in [0.3, 0.4) is 0 Å². The summed E-state index contributed by atoms with van der Waals surface area (Å²) in [6.07, 6.45) is 0. The maximum atomic E-state index is 13.9. The topological polar surface area (TPSA) is 119 Å². The van der Waals surface area contributed by atoms with Crippen LogP contribution >= 0.6 is 0 Å². The van der Waals surface area contributed by atoms with Crippen molar-refractivity contribution in [1.29, 1.82) is 0 Å². The van der Waals surface area contributed by atoms with Gasteiger partial charge in [0.2, 0.25) is 5.95 Å². The number of allylic oxidation sites excluding steroid dienone is 1. The van der Waals surface area contributed by atoms with E-state index in [1.165, 1.54) is 7.11 Å². The second-order valence-corrected chi connectivity index (χ2v) is 11.5. The smallest absolute Gasteiger partial charge is 0.262 e. The Morgan fingerprint density at radius 3 is 2.21 bits per heavy atom. The Labute approximate surface area is 273 Å². The summed E-state index contributed by atoms with van der Waals surface area (Å²) in [4.78, 5) is 31.5. The third-order valence-electron chi connectivity index (χ3n) is 7.96. The summed E-state index contributed by atoms with van der Waals surface area (Å²) in [5.41, 5.74) is 7.21. The Bertz CT molecular complexity index is 1960. The lowest BCUT2D eigenvalue weighted by Crippen LogP contribution is -2.31. The highest BCUT2D eigenvalue weighted by molar-refractivity contribution is 6.06. The molecule has 10 heteroatoms. The van der Waals surface area contributed by atoms with Crippen LogP contribution in [0.15, 0.2) is 102 Å². The SMILES string of the molecule is COc1cc([C@@H]2C(C(=O)Nc3ccccc3)=C(C)Nc3nc(-c4ccccc4)nn32)ccc1OCC(=O)Nc1c(C)cc(C)cc1C. The lowest BCUT2D eigenvalue weighted by Gasteiger charge is -2.29. The average Bonchev–Trinajstić information content (AvgIpc) is 3.49. The van der Waals surface area contributed by atoms with Gasteiger partial charge in [0.15, 0.2) is 23.9 Å². The minimum absolute atomic E-state index is 0.215. The van der Waals surface area contributed by atoms with Crippen molar-refractivity contribution in [3.63, 3.8) is 0 Å². The number of aryl methyl sites for hydroxylation is 3. The molecular weight excluding hydrogens is 592 g/mol. The van der Waals surface area contributed by atoms with Crippen molar-refractivity contribution in [2.45, 2.75) is 33.7 Å². The molecule has 6 rings (SSSR count). The van der Waals surface area contributed by atoms with Crippen LogP contribution in [0, 0.1) is 20.8 Å². The van der Waals surface area contributed by atoms with Gasteiger partial charge >= 0.3 is 0 Å². The van der Waals surface area contributed by atoms with Gasteiger partial charge < -0.3 is 25.4 Å². The van der Waals surface area contributed by atoms with Gasteiger partial charge in [0.05, 0.1) is 12.7 Å². The zero-order valence-corrected chi connectivity index (χ0v) is 26.9. The summed E-state index contributed by atoms with van der Waals surface area (Å²) < 4.78 is 13.4. The largest absolute Gasteiger partial charge is 0.493 e. The van der Waals surface area contributed by atoms with Gasteiger partial charge in [0.25, 0.3) is 11.8 Å². The molecule has 2 amide bonds. The molecule has 0 spiro atoms.